The Morgan fingerprint density at radius 2 is 1.81 bits per heavy atom. The summed E-state index contributed by atoms with van der Waals surface area (Å²) in [6.07, 6.45) is 0. The van der Waals surface area contributed by atoms with E-state index in [1.54, 1.807) is 6.92 Å². The van der Waals surface area contributed by atoms with Crippen LogP contribution in [0.3, 0.4) is 0 Å². The van der Waals surface area contributed by atoms with Crippen molar-refractivity contribution in [3.8, 4) is 5.69 Å². The van der Waals surface area contributed by atoms with Crippen LogP contribution in [0.15, 0.2) is 58.1 Å². The number of carbonyl (C=O) groups is 1. The van der Waals surface area contributed by atoms with Crippen LogP contribution in [0.4, 0.5) is 8.78 Å². The van der Waals surface area contributed by atoms with Crippen LogP contribution in [0.1, 0.15) is 16.1 Å². The highest BCUT2D eigenvalue weighted by Gasteiger charge is 2.16. The minimum atomic E-state index is -0.613. The van der Waals surface area contributed by atoms with Gasteiger partial charge in [0.25, 0.3) is 17.0 Å². The van der Waals surface area contributed by atoms with Gasteiger partial charge in [-0.05, 0) is 49.4 Å². The average Bonchev–Trinajstić information content (AvgIpc) is 3.09. The van der Waals surface area contributed by atoms with E-state index >= 15 is 0 Å². The Bertz CT molecular complexity index is 1460. The molecule has 0 saturated heterocycles. The SMILES string of the molecule is Cc1c2c(=O)n(-c3ccc(F)c(Cl)c3)[nH]c2cc(=O)n1CCNC(=O)c1ccc(F)cc1. The van der Waals surface area contributed by atoms with E-state index in [0.29, 0.717) is 16.9 Å². The molecule has 0 unspecified atom stereocenters. The van der Waals surface area contributed by atoms with Crippen molar-refractivity contribution in [2.75, 3.05) is 6.54 Å². The minimum Gasteiger partial charge on any atom is -0.350 e. The third-order valence-corrected chi connectivity index (χ3v) is 5.40. The lowest BCUT2D eigenvalue weighted by Gasteiger charge is -2.11. The van der Waals surface area contributed by atoms with E-state index in [0.717, 1.165) is 6.07 Å². The number of nitrogens with one attached hydrogen (secondary N) is 2. The number of aromatic amines is 1. The zero-order valence-electron chi connectivity index (χ0n) is 16.8. The number of rotatable bonds is 5. The Balaban J connectivity index is 1.61. The number of amides is 1. The number of nitrogens with zero attached hydrogens (tertiary/aromatic N) is 2. The quantitative estimate of drug-likeness (QED) is 0.481. The van der Waals surface area contributed by atoms with Crippen molar-refractivity contribution in [2.45, 2.75) is 13.5 Å². The molecule has 2 aromatic carbocycles. The number of benzene rings is 2. The molecule has 0 atom stereocenters. The van der Waals surface area contributed by atoms with Crippen LogP contribution in [0.25, 0.3) is 16.6 Å². The van der Waals surface area contributed by atoms with Crippen LogP contribution in [0.5, 0.6) is 0 Å². The van der Waals surface area contributed by atoms with Gasteiger partial charge in [-0.2, -0.15) is 0 Å². The van der Waals surface area contributed by atoms with Gasteiger partial charge < -0.3 is 9.88 Å². The molecule has 2 N–H and O–H groups in total. The van der Waals surface area contributed by atoms with Crippen molar-refractivity contribution >= 4 is 28.4 Å². The maximum atomic E-state index is 13.5. The monoisotopic (exact) mass is 458 g/mol. The number of fused-ring (bicyclic) bond motifs is 1. The second-order valence-electron chi connectivity index (χ2n) is 7.12. The highest BCUT2D eigenvalue weighted by atomic mass is 35.5. The van der Waals surface area contributed by atoms with Crippen LogP contribution < -0.4 is 16.4 Å². The number of hydrogen-bond acceptors (Lipinski definition) is 3. The van der Waals surface area contributed by atoms with Gasteiger partial charge in [-0.3, -0.25) is 19.5 Å². The van der Waals surface area contributed by atoms with Crippen molar-refractivity contribution in [3.63, 3.8) is 0 Å². The van der Waals surface area contributed by atoms with E-state index in [1.165, 1.54) is 51.7 Å². The van der Waals surface area contributed by atoms with Crippen molar-refractivity contribution in [1.29, 1.82) is 0 Å². The van der Waals surface area contributed by atoms with Crippen molar-refractivity contribution < 1.29 is 13.6 Å². The lowest BCUT2D eigenvalue weighted by molar-refractivity contribution is 0.0952. The van der Waals surface area contributed by atoms with Gasteiger partial charge in [0.15, 0.2) is 0 Å². The lowest BCUT2D eigenvalue weighted by atomic mass is 10.2. The number of aromatic nitrogens is 3. The zero-order chi connectivity index (χ0) is 23.0. The molecule has 7 nitrogen and oxygen atoms in total. The second-order valence-corrected chi connectivity index (χ2v) is 7.53. The standard InChI is InChI=1S/C22H17ClF2N4O3/c1-12-20-18(27-29(22(20)32)15-6-7-17(25)16(23)10-15)11-19(30)28(12)9-8-26-21(31)13-2-4-14(24)5-3-13/h2-7,10-11,27H,8-9H2,1H3,(H,26,31). The molecule has 4 rings (SSSR count). The second kappa shape index (κ2) is 8.43. The van der Waals surface area contributed by atoms with Crippen LogP contribution in [-0.4, -0.2) is 26.8 Å². The molecule has 2 heterocycles. The van der Waals surface area contributed by atoms with E-state index in [1.807, 2.05) is 0 Å². The highest BCUT2D eigenvalue weighted by Crippen LogP contribution is 2.19. The van der Waals surface area contributed by atoms with E-state index in [9.17, 15) is 23.2 Å². The van der Waals surface area contributed by atoms with Gasteiger partial charge in [-0.1, -0.05) is 11.6 Å². The van der Waals surface area contributed by atoms with Gasteiger partial charge >= 0.3 is 0 Å². The van der Waals surface area contributed by atoms with Crippen LogP contribution in [-0.2, 0) is 6.54 Å². The molecule has 0 saturated carbocycles. The molecular weight excluding hydrogens is 442 g/mol. The number of H-pyrrole nitrogens is 1. The Labute approximate surface area is 184 Å². The summed E-state index contributed by atoms with van der Waals surface area (Å²) in [5.41, 5.74) is 0.557. The molecule has 164 valence electrons. The number of pyridine rings is 1. The first-order chi connectivity index (χ1) is 15.3. The van der Waals surface area contributed by atoms with Gasteiger partial charge in [0.2, 0.25) is 0 Å². The molecule has 0 bridgehead atoms. The largest absolute Gasteiger partial charge is 0.350 e. The molecular formula is C22H17ClF2N4O3. The molecule has 10 heteroatoms. The summed E-state index contributed by atoms with van der Waals surface area (Å²) < 4.78 is 29.0. The summed E-state index contributed by atoms with van der Waals surface area (Å²) in [6, 6.07) is 10.2. The highest BCUT2D eigenvalue weighted by molar-refractivity contribution is 6.30. The van der Waals surface area contributed by atoms with Gasteiger partial charge in [-0.15, -0.1) is 0 Å². The Hall–Kier alpha value is -3.72. The fraction of sp³-hybridized carbons (Fsp3) is 0.136. The molecule has 0 spiro atoms. The summed E-state index contributed by atoms with van der Waals surface area (Å²) in [5.74, 6) is -1.47. The van der Waals surface area contributed by atoms with Gasteiger partial charge in [0.1, 0.15) is 11.6 Å². The Kier molecular flexibility index (Phi) is 5.67. The number of halogens is 3. The fourth-order valence-electron chi connectivity index (χ4n) is 3.48. The predicted molar refractivity (Wildman–Crippen MR) is 117 cm³/mol. The molecule has 0 aliphatic rings. The van der Waals surface area contributed by atoms with E-state index < -0.39 is 23.1 Å². The first kappa shape index (κ1) is 21.5. The first-order valence-corrected chi connectivity index (χ1v) is 9.98. The molecule has 0 aliphatic carbocycles. The normalized spacial score (nSPS) is 11.1. The summed E-state index contributed by atoms with van der Waals surface area (Å²) in [7, 11) is 0. The summed E-state index contributed by atoms with van der Waals surface area (Å²) >= 11 is 5.82. The van der Waals surface area contributed by atoms with Gasteiger partial charge in [0.05, 0.1) is 21.6 Å². The first-order valence-electron chi connectivity index (χ1n) is 9.60. The zero-order valence-corrected chi connectivity index (χ0v) is 17.5. The third kappa shape index (κ3) is 3.94. The summed E-state index contributed by atoms with van der Waals surface area (Å²) in [6.45, 7) is 1.87. The number of hydrogen-bond donors (Lipinski definition) is 2. The van der Waals surface area contributed by atoms with E-state index in [4.69, 9.17) is 11.6 Å². The van der Waals surface area contributed by atoms with Crippen molar-refractivity contribution in [1.82, 2.24) is 19.7 Å². The fourth-order valence-corrected chi connectivity index (χ4v) is 3.65. The van der Waals surface area contributed by atoms with Crippen LogP contribution in [0.2, 0.25) is 5.02 Å². The van der Waals surface area contributed by atoms with E-state index in [-0.39, 0.29) is 34.6 Å². The molecule has 4 aromatic rings. The Morgan fingerprint density at radius 3 is 2.50 bits per heavy atom. The van der Waals surface area contributed by atoms with Crippen LogP contribution in [0, 0.1) is 18.6 Å². The molecule has 32 heavy (non-hydrogen) atoms. The maximum absolute atomic E-state index is 13.5. The summed E-state index contributed by atoms with van der Waals surface area (Å²) in [4.78, 5) is 37.8. The number of aryl methyl sites for hydroxylation is 1. The molecule has 0 aliphatic heterocycles. The van der Waals surface area contributed by atoms with Crippen LogP contribution >= 0.6 is 11.6 Å². The van der Waals surface area contributed by atoms with Gasteiger partial charge in [-0.25, -0.2) is 13.5 Å². The van der Waals surface area contributed by atoms with Crippen molar-refractivity contribution in [3.05, 3.63) is 97.2 Å². The average molecular weight is 459 g/mol. The topological polar surface area (TPSA) is 88.9 Å². The summed E-state index contributed by atoms with van der Waals surface area (Å²) in [5, 5.41) is 5.66. The molecule has 0 fully saturated rings. The number of carbonyl (C=O) groups excluding carboxylic acids is 1. The predicted octanol–water partition coefficient (Wildman–Crippen LogP) is 3.15. The maximum Gasteiger partial charge on any atom is 0.280 e. The third-order valence-electron chi connectivity index (χ3n) is 5.11. The molecule has 1 amide bonds. The minimum absolute atomic E-state index is 0.120. The van der Waals surface area contributed by atoms with Crippen molar-refractivity contribution in [2.24, 2.45) is 0 Å². The van der Waals surface area contributed by atoms with E-state index in [2.05, 4.69) is 10.4 Å². The smallest absolute Gasteiger partial charge is 0.280 e. The molecule has 0 radical (unpaired) electrons. The Morgan fingerprint density at radius 1 is 1.09 bits per heavy atom. The lowest BCUT2D eigenvalue weighted by Crippen LogP contribution is -2.32. The van der Waals surface area contributed by atoms with Gasteiger partial charge in [0, 0.05) is 30.4 Å². The molecule has 2 aromatic heterocycles.